The van der Waals surface area contributed by atoms with Crippen LogP contribution in [0.5, 0.6) is 0 Å². The van der Waals surface area contributed by atoms with Gasteiger partial charge in [-0.2, -0.15) is 5.26 Å². The highest BCUT2D eigenvalue weighted by Crippen LogP contribution is 2.17. The highest BCUT2D eigenvalue weighted by atomic mass is 32.2. The van der Waals surface area contributed by atoms with Gasteiger partial charge in [-0.15, -0.1) is 0 Å². The van der Waals surface area contributed by atoms with Crippen molar-refractivity contribution in [1.82, 2.24) is 9.62 Å². The molecule has 1 aliphatic rings. The van der Waals surface area contributed by atoms with E-state index in [0.29, 0.717) is 12.5 Å². The summed E-state index contributed by atoms with van der Waals surface area (Å²) in [6.45, 7) is 2.33. The molecule has 1 heterocycles. The molecule has 19 heavy (non-hydrogen) atoms. The SMILES string of the molecule is CN1CCC(CNS(=O)(=O)c2ccccc2C#N)C1. The van der Waals surface area contributed by atoms with Gasteiger partial charge in [0.2, 0.25) is 10.0 Å². The second-order valence-electron chi connectivity index (χ2n) is 4.88. The van der Waals surface area contributed by atoms with Crippen molar-refractivity contribution >= 4 is 10.0 Å². The molecule has 0 amide bonds. The maximum atomic E-state index is 12.2. The Morgan fingerprint density at radius 2 is 2.21 bits per heavy atom. The predicted molar refractivity (Wildman–Crippen MR) is 71.9 cm³/mol. The zero-order valence-electron chi connectivity index (χ0n) is 10.8. The van der Waals surface area contributed by atoms with Crippen molar-refractivity contribution in [2.45, 2.75) is 11.3 Å². The Morgan fingerprint density at radius 3 is 2.84 bits per heavy atom. The number of hydrogen-bond acceptors (Lipinski definition) is 4. The minimum atomic E-state index is -3.60. The molecule has 1 atom stereocenters. The van der Waals surface area contributed by atoms with Gasteiger partial charge in [-0.05, 0) is 38.1 Å². The van der Waals surface area contributed by atoms with Crippen molar-refractivity contribution in [2.24, 2.45) is 5.92 Å². The fourth-order valence-electron chi connectivity index (χ4n) is 2.29. The van der Waals surface area contributed by atoms with Gasteiger partial charge < -0.3 is 4.90 Å². The van der Waals surface area contributed by atoms with Gasteiger partial charge in [0, 0.05) is 13.1 Å². The molecule has 0 spiro atoms. The first kappa shape index (κ1) is 14.0. The minimum Gasteiger partial charge on any atom is -0.306 e. The number of hydrogen-bond donors (Lipinski definition) is 1. The number of nitrogens with one attached hydrogen (secondary N) is 1. The van der Waals surface area contributed by atoms with Crippen LogP contribution in [0.2, 0.25) is 0 Å². The Bertz CT molecular complexity index is 592. The third-order valence-electron chi connectivity index (χ3n) is 3.35. The molecule has 102 valence electrons. The van der Waals surface area contributed by atoms with Crippen LogP contribution >= 0.6 is 0 Å². The van der Waals surface area contributed by atoms with Crippen LogP contribution in [0.4, 0.5) is 0 Å². The molecule has 0 bridgehead atoms. The zero-order valence-corrected chi connectivity index (χ0v) is 11.7. The van der Waals surface area contributed by atoms with Crippen molar-refractivity contribution < 1.29 is 8.42 Å². The first-order valence-electron chi connectivity index (χ1n) is 6.20. The summed E-state index contributed by atoms with van der Waals surface area (Å²) in [5.41, 5.74) is 0.179. The summed E-state index contributed by atoms with van der Waals surface area (Å²) >= 11 is 0. The van der Waals surface area contributed by atoms with E-state index in [1.165, 1.54) is 12.1 Å². The molecule has 0 radical (unpaired) electrons. The lowest BCUT2D eigenvalue weighted by Gasteiger charge is -2.12. The van der Waals surface area contributed by atoms with Crippen LogP contribution in [0.1, 0.15) is 12.0 Å². The monoisotopic (exact) mass is 279 g/mol. The summed E-state index contributed by atoms with van der Waals surface area (Å²) in [5.74, 6) is 0.342. The Kier molecular flexibility index (Phi) is 4.20. The summed E-state index contributed by atoms with van der Waals surface area (Å²) in [4.78, 5) is 2.24. The van der Waals surface area contributed by atoms with E-state index in [1.807, 2.05) is 13.1 Å². The van der Waals surface area contributed by atoms with Crippen LogP contribution in [0.3, 0.4) is 0 Å². The van der Waals surface area contributed by atoms with Gasteiger partial charge in [0.25, 0.3) is 0 Å². The van der Waals surface area contributed by atoms with Gasteiger partial charge in [-0.1, -0.05) is 12.1 Å². The summed E-state index contributed by atoms with van der Waals surface area (Å²) in [5, 5.41) is 8.95. The summed E-state index contributed by atoms with van der Waals surface area (Å²) < 4.78 is 27.0. The Morgan fingerprint density at radius 1 is 1.47 bits per heavy atom. The third-order valence-corrected chi connectivity index (χ3v) is 4.83. The Hall–Kier alpha value is -1.42. The molecule has 6 heteroatoms. The molecule has 1 N–H and O–H groups in total. The molecule has 0 aliphatic carbocycles. The number of nitriles is 1. The number of benzene rings is 1. The average molecular weight is 279 g/mol. The zero-order chi connectivity index (χ0) is 13.9. The number of nitrogens with zero attached hydrogens (tertiary/aromatic N) is 2. The van der Waals surface area contributed by atoms with Gasteiger partial charge in [-0.3, -0.25) is 0 Å². The molecule has 5 nitrogen and oxygen atoms in total. The second kappa shape index (κ2) is 5.70. The van der Waals surface area contributed by atoms with E-state index in [9.17, 15) is 8.42 Å². The maximum Gasteiger partial charge on any atom is 0.241 e. The van der Waals surface area contributed by atoms with Crippen LogP contribution in [0.25, 0.3) is 0 Å². The molecule has 0 saturated carbocycles. The van der Waals surface area contributed by atoms with E-state index >= 15 is 0 Å². The first-order chi connectivity index (χ1) is 9.03. The number of rotatable bonds is 4. The van der Waals surface area contributed by atoms with Crippen molar-refractivity contribution in [2.75, 3.05) is 26.7 Å². The van der Waals surface area contributed by atoms with Crippen LogP contribution < -0.4 is 4.72 Å². The van der Waals surface area contributed by atoms with Crippen LogP contribution in [-0.2, 0) is 10.0 Å². The van der Waals surface area contributed by atoms with Crippen molar-refractivity contribution in [3.8, 4) is 6.07 Å². The number of sulfonamides is 1. The first-order valence-corrected chi connectivity index (χ1v) is 7.68. The van der Waals surface area contributed by atoms with Gasteiger partial charge >= 0.3 is 0 Å². The lowest BCUT2D eigenvalue weighted by atomic mass is 10.1. The molecule has 1 saturated heterocycles. The smallest absolute Gasteiger partial charge is 0.241 e. The summed E-state index contributed by atoms with van der Waals surface area (Å²) in [6.07, 6.45) is 0.999. The molecule has 2 rings (SSSR count). The van der Waals surface area contributed by atoms with Gasteiger partial charge in [0.1, 0.15) is 6.07 Å². The molecule has 0 aromatic heterocycles. The highest BCUT2D eigenvalue weighted by molar-refractivity contribution is 7.89. The maximum absolute atomic E-state index is 12.2. The minimum absolute atomic E-state index is 0.0591. The van der Waals surface area contributed by atoms with Crippen molar-refractivity contribution in [3.63, 3.8) is 0 Å². The van der Waals surface area contributed by atoms with Gasteiger partial charge in [-0.25, -0.2) is 13.1 Å². The molecule has 1 fully saturated rings. The third kappa shape index (κ3) is 3.32. The normalized spacial score (nSPS) is 20.3. The fourth-order valence-corrected chi connectivity index (χ4v) is 3.56. The molecule has 1 aromatic carbocycles. The predicted octanol–water partition coefficient (Wildman–Crippen LogP) is 0.788. The summed E-state index contributed by atoms with van der Waals surface area (Å²) in [6, 6.07) is 8.16. The standard InChI is InChI=1S/C13H17N3O2S/c1-16-7-6-11(10-16)9-15-19(17,18)13-5-3-2-4-12(13)8-14/h2-5,11,15H,6-7,9-10H2,1H3. The van der Waals surface area contributed by atoms with E-state index in [4.69, 9.17) is 5.26 Å². The largest absolute Gasteiger partial charge is 0.306 e. The lowest BCUT2D eigenvalue weighted by molar-refractivity contribution is 0.394. The lowest BCUT2D eigenvalue weighted by Crippen LogP contribution is -2.31. The van der Waals surface area contributed by atoms with E-state index in [2.05, 4.69) is 9.62 Å². The van der Waals surface area contributed by atoms with Gasteiger partial charge in [0.05, 0.1) is 10.5 Å². The Balaban J connectivity index is 2.08. The highest BCUT2D eigenvalue weighted by Gasteiger charge is 2.23. The molecule has 1 aliphatic heterocycles. The van der Waals surface area contributed by atoms with Crippen molar-refractivity contribution in [3.05, 3.63) is 29.8 Å². The Labute approximate surface area is 113 Å². The van der Waals surface area contributed by atoms with Crippen molar-refractivity contribution in [1.29, 1.82) is 5.26 Å². The molecule has 1 aromatic rings. The van der Waals surface area contributed by atoms with Crippen LogP contribution in [0, 0.1) is 17.2 Å². The summed E-state index contributed by atoms with van der Waals surface area (Å²) in [7, 11) is -1.57. The van der Waals surface area contributed by atoms with E-state index in [-0.39, 0.29) is 10.5 Å². The second-order valence-corrected chi connectivity index (χ2v) is 6.61. The van der Waals surface area contributed by atoms with E-state index in [0.717, 1.165) is 19.5 Å². The molecule has 1 unspecified atom stereocenters. The van der Waals surface area contributed by atoms with E-state index < -0.39 is 10.0 Å². The fraction of sp³-hybridized carbons (Fsp3) is 0.462. The van der Waals surface area contributed by atoms with E-state index in [1.54, 1.807) is 12.1 Å². The van der Waals surface area contributed by atoms with Crippen LogP contribution in [-0.4, -0.2) is 40.0 Å². The molecular formula is C13H17N3O2S. The quantitative estimate of drug-likeness (QED) is 0.884. The number of likely N-dealkylation sites (tertiary alicyclic amines) is 1. The van der Waals surface area contributed by atoms with Crippen LogP contribution in [0.15, 0.2) is 29.2 Å². The average Bonchev–Trinajstić information content (AvgIpc) is 2.82. The van der Waals surface area contributed by atoms with Gasteiger partial charge in [0.15, 0.2) is 0 Å². The topological polar surface area (TPSA) is 73.2 Å². The molecular weight excluding hydrogens is 262 g/mol.